The number of alkyl halides is 2. The number of carbonyl (C=O) groups excluding carboxylic acids is 1. The molecule has 6 heteroatoms. The molecule has 0 bridgehead atoms. The Hall–Kier alpha value is -1.56. The van der Waals surface area contributed by atoms with E-state index in [9.17, 15) is 18.0 Å². The molecule has 1 rings (SSSR count). The van der Waals surface area contributed by atoms with Crippen LogP contribution >= 0.6 is 0 Å². The Morgan fingerprint density at radius 3 is 2.61 bits per heavy atom. The van der Waals surface area contributed by atoms with Gasteiger partial charge in [-0.05, 0) is 25.5 Å². The van der Waals surface area contributed by atoms with Crippen LogP contribution in [-0.4, -0.2) is 18.5 Å². The number of ether oxygens (including phenoxy) is 1. The van der Waals surface area contributed by atoms with Gasteiger partial charge < -0.3 is 10.5 Å². The Labute approximate surface area is 103 Å². The summed E-state index contributed by atoms with van der Waals surface area (Å²) in [4.78, 5) is 11.1. The van der Waals surface area contributed by atoms with E-state index in [2.05, 4.69) is 4.74 Å². The zero-order valence-corrected chi connectivity index (χ0v) is 10.0. The Bertz CT molecular complexity index is 449. The van der Waals surface area contributed by atoms with E-state index < -0.39 is 29.3 Å². The van der Waals surface area contributed by atoms with Crippen LogP contribution in [0.1, 0.15) is 24.1 Å². The summed E-state index contributed by atoms with van der Waals surface area (Å²) in [5, 5.41) is 0. The van der Waals surface area contributed by atoms with Gasteiger partial charge in [-0.2, -0.15) is 8.78 Å². The summed E-state index contributed by atoms with van der Waals surface area (Å²) in [5.74, 6) is -6.59. The maximum Gasteiger partial charge on any atom is 0.379 e. The van der Waals surface area contributed by atoms with Crippen molar-refractivity contribution >= 4 is 5.97 Å². The van der Waals surface area contributed by atoms with Gasteiger partial charge in [0.1, 0.15) is 11.9 Å². The number of rotatable bonds is 4. The van der Waals surface area contributed by atoms with Crippen LogP contribution in [0.4, 0.5) is 13.2 Å². The molecule has 0 aliphatic heterocycles. The van der Waals surface area contributed by atoms with Gasteiger partial charge in [-0.25, -0.2) is 9.18 Å². The van der Waals surface area contributed by atoms with Crippen molar-refractivity contribution in [1.82, 2.24) is 0 Å². The molecule has 1 aromatic rings. The molecule has 1 atom stereocenters. The molecule has 2 N–H and O–H groups in total. The molecule has 0 fully saturated rings. The molecule has 0 saturated carbocycles. The number of esters is 1. The van der Waals surface area contributed by atoms with E-state index in [0.29, 0.717) is 5.56 Å². The van der Waals surface area contributed by atoms with Crippen LogP contribution in [-0.2, 0) is 9.53 Å². The number of carbonyl (C=O) groups is 1. The summed E-state index contributed by atoms with van der Waals surface area (Å²) in [6.07, 6.45) is 0. The molecule has 18 heavy (non-hydrogen) atoms. The summed E-state index contributed by atoms with van der Waals surface area (Å²) in [7, 11) is 0. The molecule has 3 nitrogen and oxygen atoms in total. The Morgan fingerprint density at radius 2 is 2.11 bits per heavy atom. The van der Waals surface area contributed by atoms with Crippen molar-refractivity contribution in [3.05, 3.63) is 35.1 Å². The molecule has 1 aromatic carbocycles. The molecule has 0 spiro atoms. The second-order valence-electron chi connectivity index (χ2n) is 3.85. The van der Waals surface area contributed by atoms with E-state index >= 15 is 0 Å². The van der Waals surface area contributed by atoms with Crippen LogP contribution in [0.5, 0.6) is 0 Å². The quantitative estimate of drug-likeness (QED) is 0.846. The molecular weight excluding hydrogens is 247 g/mol. The van der Waals surface area contributed by atoms with Gasteiger partial charge in [-0.15, -0.1) is 0 Å². The number of halogens is 3. The Kier molecular flexibility index (Phi) is 4.34. The van der Waals surface area contributed by atoms with Crippen LogP contribution in [0, 0.1) is 12.7 Å². The van der Waals surface area contributed by atoms with E-state index in [1.165, 1.54) is 13.0 Å². The van der Waals surface area contributed by atoms with Crippen LogP contribution in [0.25, 0.3) is 0 Å². The first kappa shape index (κ1) is 14.5. The summed E-state index contributed by atoms with van der Waals surface area (Å²) in [5.41, 5.74) is 5.42. The van der Waals surface area contributed by atoms with Crippen LogP contribution < -0.4 is 5.73 Å². The van der Waals surface area contributed by atoms with Crippen LogP contribution in [0.3, 0.4) is 0 Å². The largest absolute Gasteiger partial charge is 0.462 e. The zero-order valence-electron chi connectivity index (χ0n) is 10.0. The molecule has 0 amide bonds. The third-order valence-electron chi connectivity index (χ3n) is 2.43. The van der Waals surface area contributed by atoms with Gasteiger partial charge in [0.05, 0.1) is 6.61 Å². The maximum absolute atomic E-state index is 13.6. The highest BCUT2D eigenvalue weighted by Gasteiger charge is 2.48. The average Bonchev–Trinajstić information content (AvgIpc) is 2.28. The Morgan fingerprint density at radius 1 is 1.50 bits per heavy atom. The molecule has 0 unspecified atom stereocenters. The first-order chi connectivity index (χ1) is 8.30. The highest BCUT2D eigenvalue weighted by Crippen LogP contribution is 2.32. The van der Waals surface area contributed by atoms with Gasteiger partial charge in [-0.1, -0.05) is 12.1 Å². The van der Waals surface area contributed by atoms with Crippen molar-refractivity contribution < 1.29 is 22.7 Å². The molecular formula is C12H14F3NO2. The topological polar surface area (TPSA) is 52.3 Å². The highest BCUT2D eigenvalue weighted by atomic mass is 19.3. The van der Waals surface area contributed by atoms with E-state index in [0.717, 1.165) is 12.1 Å². The fourth-order valence-corrected chi connectivity index (χ4v) is 1.43. The van der Waals surface area contributed by atoms with E-state index in [1.807, 2.05) is 0 Å². The first-order valence-electron chi connectivity index (χ1n) is 5.37. The lowest BCUT2D eigenvalue weighted by Crippen LogP contribution is -2.42. The molecule has 0 radical (unpaired) electrons. The predicted molar refractivity (Wildman–Crippen MR) is 59.6 cm³/mol. The van der Waals surface area contributed by atoms with Crippen LogP contribution in [0.2, 0.25) is 0 Å². The van der Waals surface area contributed by atoms with Crippen molar-refractivity contribution in [2.24, 2.45) is 5.73 Å². The standard InChI is InChI=1S/C12H14F3NO2/c1-3-18-11(17)12(14,15)10(16)8-5-4-7(2)6-9(8)13/h4-6,10H,3,16H2,1-2H3/t10-/m1/s1. The number of hydrogen-bond acceptors (Lipinski definition) is 3. The molecule has 0 saturated heterocycles. The maximum atomic E-state index is 13.6. The lowest BCUT2D eigenvalue weighted by Gasteiger charge is -2.22. The molecule has 0 heterocycles. The third kappa shape index (κ3) is 2.81. The molecule has 100 valence electrons. The SMILES string of the molecule is CCOC(=O)C(F)(F)[C@H](N)c1ccc(C)cc1F. The minimum absolute atomic E-state index is 0.197. The lowest BCUT2D eigenvalue weighted by atomic mass is 9.99. The molecule has 0 aliphatic rings. The number of benzene rings is 1. The molecule has 0 aliphatic carbocycles. The van der Waals surface area contributed by atoms with Crippen molar-refractivity contribution in [2.45, 2.75) is 25.8 Å². The third-order valence-corrected chi connectivity index (χ3v) is 2.43. The van der Waals surface area contributed by atoms with Gasteiger partial charge >= 0.3 is 11.9 Å². The van der Waals surface area contributed by atoms with E-state index in [1.54, 1.807) is 6.92 Å². The number of hydrogen-bond donors (Lipinski definition) is 1. The van der Waals surface area contributed by atoms with Crippen molar-refractivity contribution in [3.63, 3.8) is 0 Å². The van der Waals surface area contributed by atoms with Gasteiger partial charge in [-0.3, -0.25) is 0 Å². The normalized spacial score (nSPS) is 13.2. The fraction of sp³-hybridized carbons (Fsp3) is 0.417. The van der Waals surface area contributed by atoms with Crippen molar-refractivity contribution in [1.29, 1.82) is 0 Å². The summed E-state index contributed by atoms with van der Waals surface area (Å²) in [6.45, 7) is 2.81. The van der Waals surface area contributed by atoms with Gasteiger partial charge in [0, 0.05) is 5.56 Å². The van der Waals surface area contributed by atoms with Gasteiger partial charge in [0.25, 0.3) is 0 Å². The average molecular weight is 261 g/mol. The minimum Gasteiger partial charge on any atom is -0.462 e. The lowest BCUT2D eigenvalue weighted by molar-refractivity contribution is -0.174. The Balaban J connectivity index is 3.05. The smallest absolute Gasteiger partial charge is 0.379 e. The van der Waals surface area contributed by atoms with E-state index in [-0.39, 0.29) is 6.61 Å². The number of aryl methyl sites for hydroxylation is 1. The molecule has 0 aromatic heterocycles. The second kappa shape index (κ2) is 5.39. The minimum atomic E-state index is -3.97. The predicted octanol–water partition coefficient (Wildman–Crippen LogP) is 2.33. The highest BCUT2D eigenvalue weighted by molar-refractivity contribution is 5.78. The van der Waals surface area contributed by atoms with Crippen molar-refractivity contribution in [2.75, 3.05) is 6.61 Å². The van der Waals surface area contributed by atoms with Gasteiger partial charge in [0.15, 0.2) is 0 Å². The summed E-state index contributed by atoms with van der Waals surface area (Å²) < 4.78 is 44.9. The monoisotopic (exact) mass is 261 g/mol. The van der Waals surface area contributed by atoms with E-state index in [4.69, 9.17) is 5.73 Å². The number of nitrogens with two attached hydrogens (primary N) is 1. The van der Waals surface area contributed by atoms with Crippen molar-refractivity contribution in [3.8, 4) is 0 Å². The first-order valence-corrected chi connectivity index (χ1v) is 5.37. The summed E-state index contributed by atoms with van der Waals surface area (Å²) >= 11 is 0. The van der Waals surface area contributed by atoms with Crippen LogP contribution in [0.15, 0.2) is 18.2 Å². The second-order valence-corrected chi connectivity index (χ2v) is 3.85. The fourth-order valence-electron chi connectivity index (χ4n) is 1.43. The summed E-state index contributed by atoms with van der Waals surface area (Å²) in [6, 6.07) is 1.59. The zero-order chi connectivity index (χ0) is 13.9. The van der Waals surface area contributed by atoms with Gasteiger partial charge in [0.2, 0.25) is 0 Å².